The molecule has 0 radical (unpaired) electrons. The topological polar surface area (TPSA) is 27.1 Å². The first-order valence-corrected chi connectivity index (χ1v) is 9.03. The van der Waals surface area contributed by atoms with Crippen LogP contribution in [-0.2, 0) is 12.7 Å². The molecule has 0 saturated heterocycles. The molecule has 1 aromatic heterocycles. The molecule has 0 unspecified atom stereocenters. The van der Waals surface area contributed by atoms with Crippen LogP contribution < -0.4 is 4.74 Å². The number of hydrogen-bond donors (Lipinski definition) is 0. The molecule has 31 heavy (non-hydrogen) atoms. The Hall–Kier alpha value is -3.49. The summed E-state index contributed by atoms with van der Waals surface area (Å²) in [6.45, 7) is -0.536. The Morgan fingerprint density at radius 2 is 1.58 bits per heavy atom. The SMILES string of the molecule is COc1ccc(-c2c3cccc(C(F)(F)F)c3nn2Cc2c(F)cc(F)cc2F)cc1. The van der Waals surface area contributed by atoms with Crippen LogP contribution in [-0.4, -0.2) is 16.9 Å². The second-order valence-corrected chi connectivity index (χ2v) is 6.78. The number of nitrogens with zero attached hydrogens (tertiary/aromatic N) is 2. The number of fused-ring (bicyclic) bond motifs is 1. The van der Waals surface area contributed by atoms with E-state index in [-0.39, 0.29) is 16.6 Å². The molecule has 3 nitrogen and oxygen atoms in total. The van der Waals surface area contributed by atoms with Crippen molar-refractivity contribution in [3.05, 3.63) is 83.2 Å². The van der Waals surface area contributed by atoms with Crippen molar-refractivity contribution in [2.24, 2.45) is 0 Å². The molecule has 0 aliphatic heterocycles. The van der Waals surface area contributed by atoms with Crippen molar-refractivity contribution in [3.63, 3.8) is 0 Å². The molecular formula is C22H14F6N2O. The summed E-state index contributed by atoms with van der Waals surface area (Å²) in [5, 5.41) is 4.19. The molecule has 0 amide bonds. The van der Waals surface area contributed by atoms with Gasteiger partial charge in [-0.2, -0.15) is 18.3 Å². The highest BCUT2D eigenvalue weighted by Crippen LogP contribution is 2.38. The highest BCUT2D eigenvalue weighted by atomic mass is 19.4. The smallest absolute Gasteiger partial charge is 0.418 e. The Bertz CT molecular complexity index is 1240. The Kier molecular flexibility index (Phi) is 5.12. The van der Waals surface area contributed by atoms with Crippen molar-refractivity contribution in [2.75, 3.05) is 7.11 Å². The molecule has 0 fully saturated rings. The van der Waals surface area contributed by atoms with Crippen LogP contribution in [0.15, 0.2) is 54.6 Å². The number of ether oxygens (including phenoxy) is 1. The van der Waals surface area contributed by atoms with E-state index < -0.39 is 41.3 Å². The van der Waals surface area contributed by atoms with Crippen molar-refractivity contribution >= 4 is 10.9 Å². The average molecular weight is 436 g/mol. The van der Waals surface area contributed by atoms with Crippen LogP contribution in [0.1, 0.15) is 11.1 Å². The van der Waals surface area contributed by atoms with Crippen molar-refractivity contribution in [1.29, 1.82) is 0 Å². The third-order valence-electron chi connectivity index (χ3n) is 4.85. The fourth-order valence-electron chi connectivity index (χ4n) is 3.42. The predicted octanol–water partition coefficient (Wildman–Crippen LogP) is 6.20. The maximum atomic E-state index is 14.2. The highest BCUT2D eigenvalue weighted by molar-refractivity contribution is 5.95. The van der Waals surface area contributed by atoms with Gasteiger partial charge in [0.15, 0.2) is 0 Å². The molecule has 4 rings (SSSR count). The van der Waals surface area contributed by atoms with Gasteiger partial charge in [0.05, 0.1) is 24.9 Å². The van der Waals surface area contributed by atoms with Gasteiger partial charge in [-0.25, -0.2) is 13.2 Å². The van der Waals surface area contributed by atoms with Gasteiger partial charge in [0.2, 0.25) is 0 Å². The molecule has 160 valence electrons. The van der Waals surface area contributed by atoms with Crippen LogP contribution in [0.25, 0.3) is 22.2 Å². The summed E-state index contributed by atoms with van der Waals surface area (Å²) in [6, 6.07) is 11.0. The van der Waals surface area contributed by atoms with E-state index in [0.29, 0.717) is 23.4 Å². The van der Waals surface area contributed by atoms with Crippen LogP contribution in [0.3, 0.4) is 0 Å². The summed E-state index contributed by atoms with van der Waals surface area (Å²) in [5.74, 6) is -2.90. The van der Waals surface area contributed by atoms with Crippen molar-refractivity contribution in [2.45, 2.75) is 12.7 Å². The van der Waals surface area contributed by atoms with E-state index >= 15 is 0 Å². The number of halogens is 6. The quantitative estimate of drug-likeness (QED) is 0.357. The first-order valence-electron chi connectivity index (χ1n) is 9.03. The summed E-state index contributed by atoms with van der Waals surface area (Å²) in [4.78, 5) is 0. The van der Waals surface area contributed by atoms with Gasteiger partial charge in [-0.1, -0.05) is 12.1 Å². The van der Waals surface area contributed by atoms with Crippen LogP contribution >= 0.6 is 0 Å². The molecule has 4 aromatic rings. The first-order chi connectivity index (χ1) is 14.7. The van der Waals surface area contributed by atoms with Crippen LogP contribution in [0.4, 0.5) is 26.3 Å². The first kappa shape index (κ1) is 20.8. The predicted molar refractivity (Wildman–Crippen MR) is 102 cm³/mol. The van der Waals surface area contributed by atoms with Crippen molar-refractivity contribution in [3.8, 4) is 17.0 Å². The number of alkyl halides is 3. The number of methoxy groups -OCH3 is 1. The Balaban J connectivity index is 1.97. The molecule has 0 bridgehead atoms. The number of rotatable bonds is 4. The third-order valence-corrected chi connectivity index (χ3v) is 4.85. The lowest BCUT2D eigenvalue weighted by Crippen LogP contribution is -2.09. The lowest BCUT2D eigenvalue weighted by Gasteiger charge is -2.11. The van der Waals surface area contributed by atoms with Crippen LogP contribution in [0.2, 0.25) is 0 Å². The van der Waals surface area contributed by atoms with Gasteiger partial charge in [-0.05, 0) is 30.3 Å². The Morgan fingerprint density at radius 1 is 0.935 bits per heavy atom. The largest absolute Gasteiger partial charge is 0.497 e. The standard InChI is InChI=1S/C22H14F6N2O/c1-31-14-7-5-12(6-8-14)21-15-3-2-4-17(22(26,27)28)20(15)29-30(21)11-16-18(24)9-13(23)10-19(16)25/h2-10H,11H2,1H3. The maximum absolute atomic E-state index is 14.2. The second-order valence-electron chi connectivity index (χ2n) is 6.78. The summed E-state index contributed by atoms with van der Waals surface area (Å²) in [5.41, 5.74) is -1.16. The van der Waals surface area contributed by atoms with Crippen LogP contribution in [0.5, 0.6) is 5.75 Å². The molecular weight excluding hydrogens is 422 g/mol. The van der Waals surface area contributed by atoms with Gasteiger partial charge in [-0.15, -0.1) is 0 Å². The molecule has 0 atom stereocenters. The summed E-state index contributed by atoms with van der Waals surface area (Å²) in [6.07, 6.45) is -4.68. The van der Waals surface area contributed by atoms with E-state index in [1.54, 1.807) is 24.3 Å². The highest BCUT2D eigenvalue weighted by Gasteiger charge is 2.34. The second kappa shape index (κ2) is 7.64. The van der Waals surface area contributed by atoms with E-state index in [0.717, 1.165) is 10.7 Å². The van der Waals surface area contributed by atoms with Crippen LogP contribution in [0, 0.1) is 17.5 Å². The molecule has 0 spiro atoms. The van der Waals surface area contributed by atoms with E-state index in [1.165, 1.54) is 19.2 Å². The summed E-state index contributed by atoms with van der Waals surface area (Å²) >= 11 is 0. The lowest BCUT2D eigenvalue weighted by atomic mass is 10.0. The molecule has 9 heteroatoms. The fourth-order valence-corrected chi connectivity index (χ4v) is 3.42. The van der Waals surface area contributed by atoms with Gasteiger partial charge < -0.3 is 4.74 Å². The lowest BCUT2D eigenvalue weighted by molar-refractivity contribution is -0.136. The van der Waals surface area contributed by atoms with E-state index in [2.05, 4.69) is 5.10 Å². The van der Waals surface area contributed by atoms with Gasteiger partial charge in [0.25, 0.3) is 0 Å². The van der Waals surface area contributed by atoms with E-state index in [1.807, 2.05) is 0 Å². The van der Waals surface area contributed by atoms with Gasteiger partial charge in [0, 0.05) is 28.6 Å². The minimum atomic E-state index is -4.68. The number of benzene rings is 3. The van der Waals surface area contributed by atoms with Gasteiger partial charge >= 0.3 is 6.18 Å². The average Bonchev–Trinajstić information content (AvgIpc) is 3.08. The van der Waals surface area contributed by atoms with E-state index in [9.17, 15) is 26.3 Å². The zero-order valence-electron chi connectivity index (χ0n) is 16.0. The third kappa shape index (κ3) is 3.83. The van der Waals surface area contributed by atoms with E-state index in [4.69, 9.17) is 4.74 Å². The zero-order chi connectivity index (χ0) is 22.3. The molecule has 0 N–H and O–H groups in total. The molecule has 0 saturated carbocycles. The number of hydrogen-bond acceptors (Lipinski definition) is 2. The molecule has 1 heterocycles. The normalized spacial score (nSPS) is 11.8. The van der Waals surface area contributed by atoms with Crippen molar-refractivity contribution in [1.82, 2.24) is 9.78 Å². The zero-order valence-corrected chi connectivity index (χ0v) is 16.0. The summed E-state index contributed by atoms with van der Waals surface area (Å²) < 4.78 is 88.5. The molecule has 3 aromatic carbocycles. The monoisotopic (exact) mass is 436 g/mol. The van der Waals surface area contributed by atoms with Gasteiger partial charge in [-0.3, -0.25) is 4.68 Å². The minimum absolute atomic E-state index is 0.155. The Morgan fingerprint density at radius 3 is 2.16 bits per heavy atom. The molecule has 0 aliphatic rings. The number of aromatic nitrogens is 2. The van der Waals surface area contributed by atoms with Crippen molar-refractivity contribution < 1.29 is 31.1 Å². The summed E-state index contributed by atoms with van der Waals surface area (Å²) in [7, 11) is 1.46. The van der Waals surface area contributed by atoms with Gasteiger partial charge in [0.1, 0.15) is 28.7 Å². The fraction of sp³-hybridized carbons (Fsp3) is 0.136. The maximum Gasteiger partial charge on any atom is 0.418 e. The minimum Gasteiger partial charge on any atom is -0.497 e. The molecule has 0 aliphatic carbocycles. The Labute approximate surface area is 172 Å².